The molecule has 0 amide bonds. The Morgan fingerprint density at radius 2 is 2.00 bits per heavy atom. The molecule has 0 saturated carbocycles. The second kappa shape index (κ2) is 7.38. The Morgan fingerprint density at radius 3 is 2.55 bits per heavy atom. The van der Waals surface area contributed by atoms with Crippen molar-refractivity contribution in [3.05, 3.63) is 59.2 Å². The third kappa shape index (κ3) is 4.80. The van der Waals surface area contributed by atoms with Crippen LogP contribution in [0, 0.1) is 0 Å². The molecule has 1 aromatic rings. The molecule has 0 unspecified atom stereocenters. The van der Waals surface area contributed by atoms with Crippen LogP contribution < -0.4 is 16.8 Å². The Hall–Kier alpha value is -2.23. The molecule has 0 aliphatic rings. The highest BCUT2D eigenvalue weighted by Crippen LogP contribution is 2.17. The van der Waals surface area contributed by atoms with E-state index >= 15 is 0 Å². The van der Waals surface area contributed by atoms with Gasteiger partial charge in [-0.3, -0.25) is 0 Å². The Labute approximate surface area is 121 Å². The molecule has 0 saturated heterocycles. The minimum Gasteiger partial charge on any atom is -0.385 e. The largest absolute Gasteiger partial charge is 0.385 e. The highest BCUT2D eigenvalue weighted by Gasteiger charge is 2.01. The van der Waals surface area contributed by atoms with Crippen LogP contribution >= 0.6 is 0 Å². The average molecular weight is 272 g/mol. The fraction of sp³-hybridized carbons (Fsp3) is 0.312. The smallest absolute Gasteiger partial charge is 0.130 e. The van der Waals surface area contributed by atoms with Crippen molar-refractivity contribution in [2.75, 3.05) is 5.32 Å². The molecule has 0 bridgehead atoms. The van der Waals surface area contributed by atoms with Gasteiger partial charge in [0.2, 0.25) is 0 Å². The normalized spacial score (nSPS) is 11.9. The summed E-state index contributed by atoms with van der Waals surface area (Å²) in [5.41, 5.74) is 14.1. The van der Waals surface area contributed by atoms with Crippen LogP contribution in [0.15, 0.2) is 53.6 Å². The van der Waals surface area contributed by atoms with Gasteiger partial charge in [-0.2, -0.15) is 0 Å². The van der Waals surface area contributed by atoms with Gasteiger partial charge in [0.25, 0.3) is 0 Å². The van der Waals surface area contributed by atoms with E-state index in [1.807, 2.05) is 44.3 Å². The van der Waals surface area contributed by atoms with Crippen molar-refractivity contribution in [1.29, 1.82) is 0 Å². The fourth-order valence-electron chi connectivity index (χ4n) is 1.54. The maximum atomic E-state index is 5.52. The van der Waals surface area contributed by atoms with Crippen molar-refractivity contribution in [3.8, 4) is 0 Å². The summed E-state index contributed by atoms with van der Waals surface area (Å²) in [7, 11) is 0. The van der Waals surface area contributed by atoms with Gasteiger partial charge in [-0.1, -0.05) is 26.0 Å². The summed E-state index contributed by atoms with van der Waals surface area (Å²) in [6.07, 6.45) is 7.60. The lowest BCUT2D eigenvalue weighted by atomic mass is 10.1. The first-order valence-corrected chi connectivity index (χ1v) is 6.73. The molecule has 1 heterocycles. The number of nitrogens with two attached hydrogens (primary N) is 2. The standard InChI is InChI=1S/C16H24N4/c1-5-14(7-6-12(4)16(17)18)20-15-10-13(11(2)3)8-9-19-15/h5-11H,17-18H2,1-4H3,(H,19,20)/b7-6-,14-5+. The molecular weight excluding hydrogens is 248 g/mol. The molecule has 0 fully saturated rings. The van der Waals surface area contributed by atoms with Gasteiger partial charge >= 0.3 is 0 Å². The van der Waals surface area contributed by atoms with Gasteiger partial charge in [-0.15, -0.1) is 0 Å². The van der Waals surface area contributed by atoms with Gasteiger partial charge < -0.3 is 16.8 Å². The number of aromatic nitrogens is 1. The van der Waals surface area contributed by atoms with E-state index in [4.69, 9.17) is 11.5 Å². The number of allylic oxidation sites excluding steroid dienone is 4. The molecule has 20 heavy (non-hydrogen) atoms. The van der Waals surface area contributed by atoms with Crippen LogP contribution in [0.2, 0.25) is 0 Å². The predicted octanol–water partition coefficient (Wildman–Crippen LogP) is 3.23. The first-order chi connectivity index (χ1) is 9.43. The Morgan fingerprint density at radius 1 is 1.30 bits per heavy atom. The van der Waals surface area contributed by atoms with E-state index < -0.39 is 0 Å². The molecule has 4 heteroatoms. The second-order valence-electron chi connectivity index (χ2n) is 4.97. The van der Waals surface area contributed by atoms with Crippen LogP contribution in [0.4, 0.5) is 5.82 Å². The van der Waals surface area contributed by atoms with Crippen molar-refractivity contribution in [3.63, 3.8) is 0 Å². The summed E-state index contributed by atoms with van der Waals surface area (Å²) in [5, 5.41) is 3.28. The van der Waals surface area contributed by atoms with Gasteiger partial charge in [0.05, 0.1) is 5.82 Å². The summed E-state index contributed by atoms with van der Waals surface area (Å²) in [6, 6.07) is 4.09. The highest BCUT2D eigenvalue weighted by molar-refractivity contribution is 5.47. The van der Waals surface area contributed by atoms with Crippen molar-refractivity contribution >= 4 is 5.82 Å². The second-order valence-corrected chi connectivity index (χ2v) is 4.97. The van der Waals surface area contributed by atoms with Crippen LogP contribution in [0.5, 0.6) is 0 Å². The van der Waals surface area contributed by atoms with E-state index in [1.54, 1.807) is 0 Å². The SMILES string of the molecule is C/C=C(\C=C/C(C)=C(N)N)Nc1cc(C(C)C)ccn1. The van der Waals surface area contributed by atoms with Crippen LogP contribution in [0.3, 0.4) is 0 Å². The minimum atomic E-state index is 0.330. The summed E-state index contributed by atoms with van der Waals surface area (Å²) in [4.78, 5) is 4.32. The molecule has 5 N–H and O–H groups in total. The van der Waals surface area contributed by atoms with Crippen molar-refractivity contribution < 1.29 is 0 Å². The molecule has 1 aromatic heterocycles. The van der Waals surface area contributed by atoms with Gasteiger partial charge in [-0.25, -0.2) is 4.98 Å². The van der Waals surface area contributed by atoms with Crippen LogP contribution in [-0.2, 0) is 0 Å². The van der Waals surface area contributed by atoms with E-state index in [0.717, 1.165) is 17.1 Å². The fourth-order valence-corrected chi connectivity index (χ4v) is 1.54. The van der Waals surface area contributed by atoms with Crippen LogP contribution in [0.25, 0.3) is 0 Å². The molecule has 0 spiro atoms. The Balaban J connectivity index is 2.85. The number of pyridine rings is 1. The summed E-state index contributed by atoms with van der Waals surface area (Å²) in [6.45, 7) is 8.15. The van der Waals surface area contributed by atoms with E-state index in [-0.39, 0.29) is 0 Å². The summed E-state index contributed by atoms with van der Waals surface area (Å²) in [5.74, 6) is 1.64. The zero-order chi connectivity index (χ0) is 15.1. The van der Waals surface area contributed by atoms with Crippen molar-refractivity contribution in [2.45, 2.75) is 33.6 Å². The molecule has 108 valence electrons. The third-order valence-electron chi connectivity index (χ3n) is 3.00. The Kier molecular flexibility index (Phi) is 5.84. The first-order valence-electron chi connectivity index (χ1n) is 6.73. The molecule has 0 aliphatic carbocycles. The lowest BCUT2D eigenvalue weighted by Gasteiger charge is -2.10. The maximum absolute atomic E-state index is 5.52. The van der Waals surface area contributed by atoms with E-state index in [2.05, 4.69) is 30.2 Å². The Bertz CT molecular complexity index is 535. The first kappa shape index (κ1) is 15.8. The van der Waals surface area contributed by atoms with Gasteiger partial charge in [0.1, 0.15) is 5.82 Å². The van der Waals surface area contributed by atoms with Gasteiger partial charge in [-0.05, 0) is 49.1 Å². The maximum Gasteiger partial charge on any atom is 0.130 e. The highest BCUT2D eigenvalue weighted by atomic mass is 15.0. The number of hydrogen-bond donors (Lipinski definition) is 3. The zero-order valence-corrected chi connectivity index (χ0v) is 12.6. The van der Waals surface area contributed by atoms with Crippen molar-refractivity contribution in [1.82, 2.24) is 4.98 Å². The molecule has 0 aromatic carbocycles. The zero-order valence-electron chi connectivity index (χ0n) is 12.6. The monoisotopic (exact) mass is 272 g/mol. The quantitative estimate of drug-likeness (QED) is 0.719. The topological polar surface area (TPSA) is 77.0 Å². The molecule has 0 aliphatic heterocycles. The van der Waals surface area contributed by atoms with E-state index in [0.29, 0.717) is 11.7 Å². The van der Waals surface area contributed by atoms with E-state index in [9.17, 15) is 0 Å². The molecule has 0 atom stereocenters. The number of nitrogens with one attached hydrogen (secondary N) is 1. The van der Waals surface area contributed by atoms with Crippen molar-refractivity contribution in [2.24, 2.45) is 11.5 Å². The van der Waals surface area contributed by atoms with Crippen LogP contribution in [0.1, 0.15) is 39.2 Å². The lowest BCUT2D eigenvalue weighted by Crippen LogP contribution is -2.10. The number of nitrogens with zero attached hydrogens (tertiary/aromatic N) is 1. The predicted molar refractivity (Wildman–Crippen MR) is 85.9 cm³/mol. The van der Waals surface area contributed by atoms with Gasteiger partial charge in [0, 0.05) is 11.9 Å². The number of rotatable bonds is 5. The molecule has 0 radical (unpaired) electrons. The molecule has 4 nitrogen and oxygen atoms in total. The number of hydrogen-bond acceptors (Lipinski definition) is 4. The molecular formula is C16H24N4. The lowest BCUT2D eigenvalue weighted by molar-refractivity contribution is 0.863. The third-order valence-corrected chi connectivity index (χ3v) is 3.00. The summed E-state index contributed by atoms with van der Waals surface area (Å²) >= 11 is 0. The summed E-state index contributed by atoms with van der Waals surface area (Å²) < 4.78 is 0. The molecule has 1 rings (SSSR count). The average Bonchev–Trinajstić information content (AvgIpc) is 2.43. The van der Waals surface area contributed by atoms with Gasteiger partial charge in [0.15, 0.2) is 0 Å². The minimum absolute atomic E-state index is 0.330. The van der Waals surface area contributed by atoms with Crippen LogP contribution in [-0.4, -0.2) is 4.98 Å². The number of anilines is 1. The van der Waals surface area contributed by atoms with E-state index in [1.165, 1.54) is 5.56 Å².